The normalized spacial score (nSPS) is 12.0. The number of sulfone groups is 1. The smallest absolute Gasteiger partial charge is 0.255 e. The Morgan fingerprint density at radius 2 is 1.74 bits per heavy atom. The van der Waals surface area contributed by atoms with Gasteiger partial charge in [0.05, 0.1) is 22.1 Å². The highest BCUT2D eigenvalue weighted by Gasteiger charge is 2.33. The molecule has 0 radical (unpaired) electrons. The van der Waals surface area contributed by atoms with Gasteiger partial charge in [0, 0.05) is 34.7 Å². The second-order valence-corrected chi connectivity index (χ2v) is 11.6. The predicted octanol–water partition coefficient (Wildman–Crippen LogP) is 5.45. The van der Waals surface area contributed by atoms with Crippen LogP contribution in [0.15, 0.2) is 67.0 Å². The van der Waals surface area contributed by atoms with Crippen LogP contribution in [-0.4, -0.2) is 30.5 Å². The van der Waals surface area contributed by atoms with E-state index in [0.29, 0.717) is 16.8 Å². The van der Waals surface area contributed by atoms with E-state index >= 15 is 0 Å². The van der Waals surface area contributed by atoms with E-state index in [2.05, 4.69) is 15.3 Å². The summed E-state index contributed by atoms with van der Waals surface area (Å²) in [5, 5.41) is 3.74. The number of hydrogen-bond acceptors (Lipinski definition) is 5. The molecule has 174 valence electrons. The third kappa shape index (κ3) is 4.43. The summed E-state index contributed by atoms with van der Waals surface area (Å²) in [6, 6.07) is 16.6. The van der Waals surface area contributed by atoms with Gasteiger partial charge < -0.3 is 5.32 Å². The van der Waals surface area contributed by atoms with E-state index in [4.69, 9.17) is 0 Å². The summed E-state index contributed by atoms with van der Waals surface area (Å²) in [5.41, 5.74) is 5.97. The Morgan fingerprint density at radius 3 is 2.44 bits per heavy atom. The van der Waals surface area contributed by atoms with Crippen LogP contribution >= 0.6 is 0 Å². The molecule has 0 aliphatic rings. The lowest BCUT2D eigenvalue weighted by Gasteiger charge is -2.24. The standard InChI is InChI=1S/C27H27N3O3S/c1-17-12-23(16-29-18(17)2)30-26(31)21-9-6-8-19(13-21)24-15-22(27(3,4)34(5,32)33)14-20-10-7-11-28-25(20)24/h6-16H,1-5H3,(H,30,31). The number of nitrogens with one attached hydrogen (secondary N) is 1. The molecule has 0 aliphatic carbocycles. The van der Waals surface area contributed by atoms with Crippen molar-refractivity contribution in [3.8, 4) is 11.1 Å². The molecule has 0 saturated heterocycles. The van der Waals surface area contributed by atoms with Crippen molar-refractivity contribution in [3.63, 3.8) is 0 Å². The molecular weight excluding hydrogens is 446 g/mol. The Bertz CT molecular complexity index is 1530. The van der Waals surface area contributed by atoms with Gasteiger partial charge >= 0.3 is 0 Å². The number of nitrogens with zero attached hydrogens (tertiary/aromatic N) is 2. The van der Waals surface area contributed by atoms with Gasteiger partial charge in [-0.3, -0.25) is 14.8 Å². The average molecular weight is 474 g/mol. The Morgan fingerprint density at radius 1 is 0.971 bits per heavy atom. The van der Waals surface area contributed by atoms with Crippen molar-refractivity contribution in [1.82, 2.24) is 9.97 Å². The molecule has 0 bridgehead atoms. The maximum Gasteiger partial charge on any atom is 0.255 e. The van der Waals surface area contributed by atoms with Crippen molar-refractivity contribution < 1.29 is 13.2 Å². The summed E-state index contributed by atoms with van der Waals surface area (Å²) >= 11 is 0. The number of rotatable bonds is 5. The molecule has 6 nitrogen and oxygen atoms in total. The van der Waals surface area contributed by atoms with E-state index in [0.717, 1.165) is 33.3 Å². The summed E-state index contributed by atoms with van der Waals surface area (Å²) in [4.78, 5) is 21.8. The molecule has 2 aromatic carbocycles. The minimum atomic E-state index is -3.38. The van der Waals surface area contributed by atoms with Gasteiger partial charge in [0.25, 0.3) is 5.91 Å². The lowest BCUT2D eigenvalue weighted by Crippen LogP contribution is -2.28. The molecule has 0 atom stereocenters. The first kappa shape index (κ1) is 23.6. The van der Waals surface area contributed by atoms with Gasteiger partial charge in [0.15, 0.2) is 9.84 Å². The van der Waals surface area contributed by atoms with E-state index in [1.807, 2.05) is 56.3 Å². The first-order chi connectivity index (χ1) is 16.0. The Labute approximate surface area is 200 Å². The van der Waals surface area contributed by atoms with Crippen LogP contribution in [0.1, 0.15) is 41.0 Å². The fourth-order valence-electron chi connectivity index (χ4n) is 3.72. The van der Waals surface area contributed by atoms with Crippen LogP contribution in [0.3, 0.4) is 0 Å². The molecule has 0 spiro atoms. The number of amides is 1. The molecule has 7 heteroatoms. The summed E-state index contributed by atoms with van der Waals surface area (Å²) < 4.78 is 24.0. The first-order valence-corrected chi connectivity index (χ1v) is 12.8. The highest BCUT2D eigenvalue weighted by atomic mass is 32.2. The van der Waals surface area contributed by atoms with Gasteiger partial charge in [-0.05, 0) is 80.8 Å². The van der Waals surface area contributed by atoms with Gasteiger partial charge in [-0.25, -0.2) is 8.42 Å². The molecule has 4 rings (SSSR count). The van der Waals surface area contributed by atoms with Crippen LogP contribution in [0.2, 0.25) is 0 Å². The quantitative estimate of drug-likeness (QED) is 0.417. The van der Waals surface area contributed by atoms with Gasteiger partial charge in [0.2, 0.25) is 0 Å². The highest BCUT2D eigenvalue weighted by molar-refractivity contribution is 7.91. The number of hydrogen-bond donors (Lipinski definition) is 1. The molecule has 0 saturated carbocycles. The van der Waals surface area contributed by atoms with Crippen LogP contribution in [0.5, 0.6) is 0 Å². The molecule has 2 heterocycles. The van der Waals surface area contributed by atoms with Crippen molar-refractivity contribution in [2.45, 2.75) is 32.4 Å². The highest BCUT2D eigenvalue weighted by Crippen LogP contribution is 2.36. The zero-order valence-corrected chi connectivity index (χ0v) is 20.7. The molecule has 4 aromatic rings. The second kappa shape index (κ2) is 8.65. The third-order valence-corrected chi connectivity index (χ3v) is 8.45. The lowest BCUT2D eigenvalue weighted by molar-refractivity contribution is 0.102. The average Bonchev–Trinajstić information content (AvgIpc) is 2.80. The van der Waals surface area contributed by atoms with Crippen LogP contribution < -0.4 is 5.32 Å². The van der Waals surface area contributed by atoms with Gasteiger partial charge in [-0.2, -0.15) is 0 Å². The van der Waals surface area contributed by atoms with Crippen LogP contribution in [0.25, 0.3) is 22.0 Å². The number of anilines is 1. The summed E-state index contributed by atoms with van der Waals surface area (Å²) in [6.45, 7) is 7.26. The molecule has 2 aromatic heterocycles. The lowest BCUT2D eigenvalue weighted by atomic mass is 9.93. The topological polar surface area (TPSA) is 89.0 Å². The predicted molar refractivity (Wildman–Crippen MR) is 137 cm³/mol. The molecule has 34 heavy (non-hydrogen) atoms. The fraction of sp³-hybridized carbons (Fsp3) is 0.222. The van der Waals surface area contributed by atoms with Crippen molar-refractivity contribution in [2.24, 2.45) is 0 Å². The first-order valence-electron chi connectivity index (χ1n) is 10.9. The number of carbonyl (C=O) groups excluding carboxylic acids is 1. The largest absolute Gasteiger partial charge is 0.321 e. The number of aryl methyl sites for hydroxylation is 2. The molecule has 0 unspecified atom stereocenters. The SMILES string of the molecule is Cc1cc(NC(=O)c2cccc(-c3cc(C(C)(C)S(C)(=O)=O)cc4cccnc34)c2)cnc1C. The Kier molecular flexibility index (Phi) is 6.00. The number of benzene rings is 2. The van der Waals surface area contributed by atoms with Crippen molar-refractivity contribution in [3.05, 3.63) is 89.4 Å². The summed E-state index contributed by atoms with van der Waals surface area (Å²) in [6.07, 6.45) is 4.58. The Hall–Kier alpha value is -3.58. The van der Waals surface area contributed by atoms with E-state index in [-0.39, 0.29) is 5.91 Å². The zero-order chi connectivity index (χ0) is 24.7. The van der Waals surface area contributed by atoms with E-state index in [1.54, 1.807) is 38.4 Å². The third-order valence-electron chi connectivity index (χ3n) is 6.36. The maximum atomic E-state index is 13.0. The second-order valence-electron chi connectivity index (χ2n) is 9.04. The van der Waals surface area contributed by atoms with E-state index in [1.165, 1.54) is 6.26 Å². The molecule has 1 N–H and O–H groups in total. The molecule has 0 fully saturated rings. The van der Waals surface area contributed by atoms with Gasteiger partial charge in [0.1, 0.15) is 0 Å². The van der Waals surface area contributed by atoms with E-state index in [9.17, 15) is 13.2 Å². The van der Waals surface area contributed by atoms with E-state index < -0.39 is 14.6 Å². The van der Waals surface area contributed by atoms with Crippen molar-refractivity contribution in [1.29, 1.82) is 0 Å². The number of carbonyl (C=O) groups is 1. The van der Waals surface area contributed by atoms with Crippen LogP contribution in [-0.2, 0) is 14.6 Å². The number of aromatic nitrogens is 2. The van der Waals surface area contributed by atoms with Gasteiger partial charge in [-0.15, -0.1) is 0 Å². The summed E-state index contributed by atoms with van der Waals surface area (Å²) in [5.74, 6) is -0.253. The minimum absolute atomic E-state index is 0.253. The van der Waals surface area contributed by atoms with Crippen LogP contribution in [0.4, 0.5) is 5.69 Å². The summed E-state index contributed by atoms with van der Waals surface area (Å²) in [7, 11) is -3.38. The van der Waals surface area contributed by atoms with Gasteiger partial charge in [-0.1, -0.05) is 18.2 Å². The maximum absolute atomic E-state index is 13.0. The fourth-order valence-corrected chi connectivity index (χ4v) is 4.26. The molecule has 0 aliphatic heterocycles. The minimum Gasteiger partial charge on any atom is -0.321 e. The van der Waals surface area contributed by atoms with Crippen molar-refractivity contribution >= 4 is 32.3 Å². The monoisotopic (exact) mass is 473 g/mol. The zero-order valence-electron chi connectivity index (χ0n) is 19.9. The molecular formula is C27H27N3O3S. The number of fused-ring (bicyclic) bond motifs is 1. The van der Waals surface area contributed by atoms with Crippen molar-refractivity contribution in [2.75, 3.05) is 11.6 Å². The molecule has 1 amide bonds. The van der Waals surface area contributed by atoms with Crippen LogP contribution in [0, 0.1) is 13.8 Å². The number of pyridine rings is 2. The Balaban J connectivity index is 1.80.